The average Bonchev–Trinajstić information content (AvgIpc) is 2.38. The quantitative estimate of drug-likeness (QED) is 0.871. The summed E-state index contributed by atoms with van der Waals surface area (Å²) in [6.07, 6.45) is -0.381. The van der Waals surface area contributed by atoms with Gasteiger partial charge in [0.2, 0.25) is 0 Å². The van der Waals surface area contributed by atoms with Crippen molar-refractivity contribution in [3.63, 3.8) is 0 Å². The highest BCUT2D eigenvalue weighted by atomic mass is 35.5. The number of hydrogen-bond donors (Lipinski definition) is 1. The molecule has 0 aliphatic rings. The van der Waals surface area contributed by atoms with Gasteiger partial charge in [0, 0.05) is 11.4 Å². The zero-order valence-corrected chi connectivity index (χ0v) is 12.6. The van der Waals surface area contributed by atoms with E-state index >= 15 is 0 Å². The van der Waals surface area contributed by atoms with Crippen molar-refractivity contribution in [1.82, 2.24) is 0 Å². The lowest BCUT2D eigenvalue weighted by molar-refractivity contribution is 0.177. The lowest BCUT2D eigenvalue weighted by Crippen LogP contribution is -2.06. The van der Waals surface area contributed by atoms with Crippen LogP contribution in [0.25, 0.3) is 0 Å². The summed E-state index contributed by atoms with van der Waals surface area (Å²) in [6.45, 7) is 6.03. The third kappa shape index (κ3) is 3.20. The van der Waals surface area contributed by atoms with E-state index in [4.69, 9.17) is 11.6 Å². The van der Waals surface area contributed by atoms with E-state index in [1.165, 1.54) is 23.8 Å². The van der Waals surface area contributed by atoms with E-state index < -0.39 is 6.10 Å². The Kier molecular flexibility index (Phi) is 4.46. The molecule has 0 heterocycles. The maximum atomic E-state index is 13.3. The lowest BCUT2D eigenvalue weighted by Gasteiger charge is -2.17. The molecule has 1 N–H and O–H groups in total. The predicted molar refractivity (Wildman–Crippen MR) is 80.7 cm³/mol. The summed E-state index contributed by atoms with van der Waals surface area (Å²) in [4.78, 5) is 0. The molecule has 2 aromatic carbocycles. The van der Waals surface area contributed by atoms with Crippen molar-refractivity contribution in [1.29, 1.82) is 0 Å². The van der Waals surface area contributed by atoms with Gasteiger partial charge in [-0.15, -0.1) is 0 Å². The molecule has 1 nitrogen and oxygen atoms in total. The minimum atomic E-state index is -0.686. The van der Waals surface area contributed by atoms with Crippen molar-refractivity contribution in [2.45, 2.75) is 33.3 Å². The Morgan fingerprint density at radius 3 is 2.40 bits per heavy atom. The Morgan fingerprint density at radius 2 is 1.70 bits per heavy atom. The largest absolute Gasteiger partial charge is 0.388 e. The fourth-order valence-electron chi connectivity index (χ4n) is 2.36. The normalized spacial score (nSPS) is 12.5. The molecule has 0 amide bonds. The molecule has 0 saturated heterocycles. The fraction of sp³-hybridized carbons (Fsp3) is 0.294. The molecule has 0 spiro atoms. The smallest absolute Gasteiger partial charge is 0.123 e. The fourth-order valence-corrected chi connectivity index (χ4v) is 2.55. The van der Waals surface area contributed by atoms with Gasteiger partial charge in [-0.3, -0.25) is 0 Å². The summed E-state index contributed by atoms with van der Waals surface area (Å²) in [5, 5.41) is 10.9. The van der Waals surface area contributed by atoms with Crippen LogP contribution in [0.4, 0.5) is 4.39 Å². The van der Waals surface area contributed by atoms with Gasteiger partial charge in [0.1, 0.15) is 5.82 Å². The second-order valence-electron chi connectivity index (χ2n) is 5.25. The molecule has 1 atom stereocenters. The van der Waals surface area contributed by atoms with E-state index in [1.54, 1.807) is 0 Å². The lowest BCUT2D eigenvalue weighted by atomic mass is 9.94. The number of halogens is 2. The highest BCUT2D eigenvalue weighted by molar-refractivity contribution is 6.31. The number of hydrogen-bond acceptors (Lipinski definition) is 1. The summed E-state index contributed by atoms with van der Waals surface area (Å²) in [5.74, 6) is -0.339. The van der Waals surface area contributed by atoms with Crippen LogP contribution < -0.4 is 0 Å². The molecular formula is C17H18ClFO. The minimum Gasteiger partial charge on any atom is -0.388 e. The Balaban J connectivity index is 2.30. The number of benzene rings is 2. The molecule has 2 rings (SSSR count). The molecular weight excluding hydrogens is 275 g/mol. The SMILES string of the molecule is Cc1cc(C)c(C(O)Cc2cc(F)ccc2Cl)cc1C. The Morgan fingerprint density at radius 1 is 1.05 bits per heavy atom. The zero-order chi connectivity index (χ0) is 14.9. The third-order valence-corrected chi connectivity index (χ3v) is 4.03. The molecule has 0 radical (unpaired) electrons. The van der Waals surface area contributed by atoms with Crippen molar-refractivity contribution >= 4 is 11.6 Å². The van der Waals surface area contributed by atoms with Crippen molar-refractivity contribution in [3.05, 3.63) is 69.0 Å². The van der Waals surface area contributed by atoms with E-state index in [0.717, 1.165) is 16.7 Å². The van der Waals surface area contributed by atoms with Crippen LogP contribution in [0.1, 0.15) is 33.9 Å². The first-order valence-electron chi connectivity index (χ1n) is 6.58. The summed E-state index contributed by atoms with van der Waals surface area (Å²) >= 11 is 6.05. The van der Waals surface area contributed by atoms with Gasteiger partial charge in [-0.1, -0.05) is 23.7 Å². The second kappa shape index (κ2) is 5.94. The highest BCUT2D eigenvalue weighted by Crippen LogP contribution is 2.27. The van der Waals surface area contributed by atoms with Gasteiger partial charge in [-0.2, -0.15) is 0 Å². The molecule has 1 unspecified atom stereocenters. The second-order valence-corrected chi connectivity index (χ2v) is 5.66. The van der Waals surface area contributed by atoms with Gasteiger partial charge in [0.25, 0.3) is 0 Å². The van der Waals surface area contributed by atoms with Crippen LogP contribution in [0.3, 0.4) is 0 Å². The Hall–Kier alpha value is -1.38. The Bertz CT molecular complexity index is 637. The number of aryl methyl sites for hydroxylation is 3. The van der Waals surface area contributed by atoms with Crippen molar-refractivity contribution in [3.8, 4) is 0 Å². The molecule has 0 saturated carbocycles. The summed E-state index contributed by atoms with van der Waals surface area (Å²) < 4.78 is 13.3. The molecule has 2 aromatic rings. The molecule has 0 aliphatic heterocycles. The van der Waals surface area contributed by atoms with E-state index in [0.29, 0.717) is 17.0 Å². The monoisotopic (exact) mass is 292 g/mol. The van der Waals surface area contributed by atoms with E-state index in [2.05, 4.69) is 6.07 Å². The maximum absolute atomic E-state index is 13.3. The van der Waals surface area contributed by atoms with Gasteiger partial charge in [-0.05, 0) is 66.8 Å². The first kappa shape index (κ1) is 15.0. The first-order chi connectivity index (χ1) is 9.38. The van der Waals surface area contributed by atoms with Crippen LogP contribution in [0.2, 0.25) is 5.02 Å². The van der Waals surface area contributed by atoms with Gasteiger partial charge < -0.3 is 5.11 Å². The van der Waals surface area contributed by atoms with Crippen molar-refractivity contribution < 1.29 is 9.50 Å². The summed E-state index contributed by atoms with van der Waals surface area (Å²) in [7, 11) is 0. The van der Waals surface area contributed by atoms with Crippen LogP contribution in [0, 0.1) is 26.6 Å². The molecule has 3 heteroatoms. The average molecular weight is 293 g/mol. The van der Waals surface area contributed by atoms with Crippen LogP contribution in [0.5, 0.6) is 0 Å². The summed E-state index contributed by atoms with van der Waals surface area (Å²) in [5.41, 5.74) is 4.86. The zero-order valence-electron chi connectivity index (χ0n) is 11.9. The maximum Gasteiger partial charge on any atom is 0.123 e. The van der Waals surface area contributed by atoms with Gasteiger partial charge >= 0.3 is 0 Å². The third-order valence-electron chi connectivity index (χ3n) is 3.66. The van der Waals surface area contributed by atoms with Crippen LogP contribution in [-0.4, -0.2) is 5.11 Å². The van der Waals surface area contributed by atoms with E-state index in [-0.39, 0.29) is 5.82 Å². The summed E-state index contributed by atoms with van der Waals surface area (Å²) in [6, 6.07) is 8.26. The molecule has 0 aliphatic carbocycles. The molecule has 106 valence electrons. The van der Waals surface area contributed by atoms with Crippen LogP contribution in [0.15, 0.2) is 30.3 Å². The molecule has 0 aromatic heterocycles. The van der Waals surface area contributed by atoms with E-state index in [9.17, 15) is 9.50 Å². The molecule has 0 fully saturated rings. The topological polar surface area (TPSA) is 20.2 Å². The molecule has 20 heavy (non-hydrogen) atoms. The van der Waals surface area contributed by atoms with Gasteiger partial charge in [-0.25, -0.2) is 4.39 Å². The predicted octanol–water partition coefficient (Wildman–Crippen LogP) is 4.68. The number of aliphatic hydroxyl groups is 1. The van der Waals surface area contributed by atoms with Crippen LogP contribution in [-0.2, 0) is 6.42 Å². The Labute approximate surface area is 124 Å². The van der Waals surface area contributed by atoms with E-state index in [1.807, 2.05) is 26.8 Å². The highest BCUT2D eigenvalue weighted by Gasteiger charge is 2.14. The van der Waals surface area contributed by atoms with Crippen molar-refractivity contribution in [2.75, 3.05) is 0 Å². The molecule has 0 bridgehead atoms. The van der Waals surface area contributed by atoms with Gasteiger partial charge in [0.15, 0.2) is 0 Å². The van der Waals surface area contributed by atoms with Crippen LogP contribution >= 0.6 is 11.6 Å². The number of aliphatic hydroxyl groups excluding tert-OH is 1. The number of rotatable bonds is 3. The first-order valence-corrected chi connectivity index (χ1v) is 6.96. The van der Waals surface area contributed by atoms with Crippen molar-refractivity contribution in [2.24, 2.45) is 0 Å². The van der Waals surface area contributed by atoms with Gasteiger partial charge in [0.05, 0.1) is 6.10 Å². The standard InChI is InChI=1S/C17H18ClFO/c1-10-6-12(3)15(7-11(10)2)17(20)9-13-8-14(19)4-5-16(13)18/h4-8,17,20H,9H2,1-3H3. The minimum absolute atomic E-state index is 0.305.